The number of hydrogen-bond donors (Lipinski definition) is 3. The van der Waals surface area contributed by atoms with Crippen LogP contribution in [0.25, 0.3) is 0 Å². The predicted octanol–water partition coefficient (Wildman–Crippen LogP) is 1.90. The zero-order chi connectivity index (χ0) is 15.1. The average Bonchev–Trinajstić information content (AvgIpc) is 2.53. The molecule has 0 aliphatic carbocycles. The van der Waals surface area contributed by atoms with Crippen LogP contribution in [0.4, 0.5) is 5.69 Å². The highest BCUT2D eigenvalue weighted by atomic mass is 16.1. The van der Waals surface area contributed by atoms with Gasteiger partial charge in [-0.2, -0.15) is 0 Å². The summed E-state index contributed by atoms with van der Waals surface area (Å²) in [5.41, 5.74) is 9.17. The minimum atomic E-state index is -0.161. The van der Waals surface area contributed by atoms with Crippen molar-refractivity contribution in [3.63, 3.8) is 0 Å². The number of anilines is 1. The summed E-state index contributed by atoms with van der Waals surface area (Å²) in [6.07, 6.45) is 1.63. The molecule has 0 saturated carbocycles. The summed E-state index contributed by atoms with van der Waals surface area (Å²) >= 11 is 0. The third-order valence-corrected chi connectivity index (χ3v) is 3.05. The van der Waals surface area contributed by atoms with Gasteiger partial charge in [0.1, 0.15) is 5.69 Å². The van der Waals surface area contributed by atoms with Gasteiger partial charge >= 0.3 is 0 Å². The number of amides is 1. The first-order valence-electron chi connectivity index (χ1n) is 6.99. The van der Waals surface area contributed by atoms with Gasteiger partial charge in [0.15, 0.2) is 0 Å². The summed E-state index contributed by atoms with van der Waals surface area (Å²) in [7, 11) is 0. The number of nitrogens with one attached hydrogen (secondary N) is 2. The first-order chi connectivity index (χ1) is 10.2. The lowest BCUT2D eigenvalue weighted by molar-refractivity contribution is 0.0951. The molecule has 0 aliphatic heterocycles. The molecule has 0 atom stereocenters. The summed E-state index contributed by atoms with van der Waals surface area (Å²) in [4.78, 5) is 15.8. The van der Waals surface area contributed by atoms with E-state index in [-0.39, 0.29) is 5.91 Å². The monoisotopic (exact) mass is 284 g/mol. The van der Waals surface area contributed by atoms with Gasteiger partial charge in [-0.15, -0.1) is 0 Å². The van der Waals surface area contributed by atoms with Gasteiger partial charge in [-0.05, 0) is 30.2 Å². The van der Waals surface area contributed by atoms with E-state index in [1.54, 1.807) is 12.3 Å². The summed E-state index contributed by atoms with van der Waals surface area (Å²) in [6, 6.07) is 11.7. The van der Waals surface area contributed by atoms with E-state index in [1.807, 2.05) is 31.2 Å². The third kappa shape index (κ3) is 4.29. The maximum Gasteiger partial charge on any atom is 0.269 e. The molecule has 1 heterocycles. The number of benzene rings is 1. The van der Waals surface area contributed by atoms with Crippen LogP contribution in [-0.2, 0) is 13.1 Å². The van der Waals surface area contributed by atoms with E-state index in [9.17, 15) is 4.79 Å². The molecule has 0 fully saturated rings. The molecular weight excluding hydrogens is 264 g/mol. The lowest BCUT2D eigenvalue weighted by atomic mass is 10.1. The van der Waals surface area contributed by atoms with Crippen LogP contribution in [0.1, 0.15) is 28.5 Å². The number of carbonyl (C=O) groups excluding carboxylic acids is 1. The first kappa shape index (κ1) is 15.0. The third-order valence-electron chi connectivity index (χ3n) is 3.05. The van der Waals surface area contributed by atoms with E-state index >= 15 is 0 Å². The molecule has 5 heteroatoms. The van der Waals surface area contributed by atoms with Crippen LogP contribution in [0, 0.1) is 0 Å². The summed E-state index contributed by atoms with van der Waals surface area (Å²) in [6.45, 7) is 3.67. The Hall–Kier alpha value is -2.40. The van der Waals surface area contributed by atoms with Gasteiger partial charge < -0.3 is 16.4 Å². The van der Waals surface area contributed by atoms with E-state index in [2.05, 4.69) is 21.7 Å². The van der Waals surface area contributed by atoms with E-state index in [1.165, 1.54) is 0 Å². The number of nitrogens with two attached hydrogens (primary N) is 1. The molecule has 2 rings (SSSR count). The van der Waals surface area contributed by atoms with Crippen LogP contribution >= 0.6 is 0 Å². The zero-order valence-corrected chi connectivity index (χ0v) is 12.1. The van der Waals surface area contributed by atoms with Gasteiger partial charge in [0.25, 0.3) is 5.91 Å². The summed E-state index contributed by atoms with van der Waals surface area (Å²) in [5.74, 6) is -0.161. The molecule has 1 aromatic carbocycles. The van der Waals surface area contributed by atoms with Gasteiger partial charge in [-0.3, -0.25) is 9.78 Å². The number of rotatable bonds is 6. The zero-order valence-electron chi connectivity index (χ0n) is 12.1. The van der Waals surface area contributed by atoms with Crippen molar-refractivity contribution in [2.24, 2.45) is 5.73 Å². The second kappa shape index (κ2) is 7.40. The van der Waals surface area contributed by atoms with Crippen LogP contribution in [0.2, 0.25) is 0 Å². The van der Waals surface area contributed by atoms with Crippen LogP contribution in [0.3, 0.4) is 0 Å². The highest BCUT2D eigenvalue weighted by Crippen LogP contribution is 2.11. The van der Waals surface area contributed by atoms with Crippen molar-refractivity contribution >= 4 is 11.6 Å². The normalized spacial score (nSPS) is 10.2. The van der Waals surface area contributed by atoms with Crippen molar-refractivity contribution in [2.45, 2.75) is 20.0 Å². The van der Waals surface area contributed by atoms with Gasteiger partial charge in [0.2, 0.25) is 0 Å². The maximum atomic E-state index is 11.7. The predicted molar refractivity (Wildman–Crippen MR) is 83.9 cm³/mol. The fourth-order valence-electron chi connectivity index (χ4n) is 1.99. The van der Waals surface area contributed by atoms with E-state index < -0.39 is 0 Å². The second-order valence-corrected chi connectivity index (χ2v) is 4.67. The minimum absolute atomic E-state index is 0.161. The summed E-state index contributed by atoms with van der Waals surface area (Å²) < 4.78 is 0. The highest BCUT2D eigenvalue weighted by molar-refractivity contribution is 5.93. The molecule has 0 radical (unpaired) electrons. The Bertz CT molecular complexity index is 613. The van der Waals surface area contributed by atoms with Crippen LogP contribution < -0.4 is 16.4 Å². The number of hydrogen-bond acceptors (Lipinski definition) is 4. The number of pyridine rings is 1. The van der Waals surface area contributed by atoms with Crippen molar-refractivity contribution < 1.29 is 4.79 Å². The van der Waals surface area contributed by atoms with Gasteiger partial charge in [-0.1, -0.05) is 24.3 Å². The Morgan fingerprint density at radius 2 is 2.05 bits per heavy atom. The molecule has 1 aromatic heterocycles. The largest absolute Gasteiger partial charge is 0.381 e. The molecule has 0 spiro atoms. The van der Waals surface area contributed by atoms with E-state index in [0.29, 0.717) is 25.3 Å². The average molecular weight is 284 g/mol. The molecule has 4 N–H and O–H groups in total. The standard InChI is InChI=1S/C16H20N4O/c1-2-18-16(21)15-9-14(6-7-19-15)20-11-13-5-3-4-12(8-13)10-17/h3-9H,2,10-11,17H2,1H3,(H,18,21)(H,19,20). The Morgan fingerprint density at radius 1 is 1.24 bits per heavy atom. The van der Waals surface area contributed by atoms with Crippen LogP contribution in [-0.4, -0.2) is 17.4 Å². The van der Waals surface area contributed by atoms with Crippen LogP contribution in [0.5, 0.6) is 0 Å². The quantitative estimate of drug-likeness (QED) is 0.757. The van der Waals surface area contributed by atoms with Crippen molar-refractivity contribution in [3.8, 4) is 0 Å². The fraction of sp³-hybridized carbons (Fsp3) is 0.250. The topological polar surface area (TPSA) is 80.0 Å². The SMILES string of the molecule is CCNC(=O)c1cc(NCc2cccc(CN)c2)ccn1. The molecular formula is C16H20N4O. The summed E-state index contributed by atoms with van der Waals surface area (Å²) in [5, 5.41) is 6.02. The van der Waals surface area contributed by atoms with E-state index in [4.69, 9.17) is 5.73 Å². The Kier molecular flexibility index (Phi) is 5.29. The number of nitrogens with zero attached hydrogens (tertiary/aromatic N) is 1. The van der Waals surface area contributed by atoms with E-state index in [0.717, 1.165) is 16.8 Å². The van der Waals surface area contributed by atoms with Crippen molar-refractivity contribution in [3.05, 3.63) is 59.4 Å². The highest BCUT2D eigenvalue weighted by Gasteiger charge is 2.06. The molecule has 21 heavy (non-hydrogen) atoms. The maximum absolute atomic E-state index is 11.7. The lowest BCUT2D eigenvalue weighted by Crippen LogP contribution is -2.23. The molecule has 2 aromatic rings. The Morgan fingerprint density at radius 3 is 2.81 bits per heavy atom. The molecule has 0 saturated heterocycles. The second-order valence-electron chi connectivity index (χ2n) is 4.67. The minimum Gasteiger partial charge on any atom is -0.381 e. The van der Waals surface area contributed by atoms with Gasteiger partial charge in [-0.25, -0.2) is 0 Å². The first-order valence-corrected chi connectivity index (χ1v) is 6.99. The molecule has 0 bridgehead atoms. The van der Waals surface area contributed by atoms with Crippen molar-refractivity contribution in [2.75, 3.05) is 11.9 Å². The van der Waals surface area contributed by atoms with Gasteiger partial charge in [0.05, 0.1) is 0 Å². The van der Waals surface area contributed by atoms with Crippen molar-refractivity contribution in [1.82, 2.24) is 10.3 Å². The van der Waals surface area contributed by atoms with Crippen LogP contribution in [0.15, 0.2) is 42.6 Å². The molecule has 0 unspecified atom stereocenters. The molecule has 1 amide bonds. The van der Waals surface area contributed by atoms with Crippen molar-refractivity contribution in [1.29, 1.82) is 0 Å². The molecule has 0 aliphatic rings. The van der Waals surface area contributed by atoms with Gasteiger partial charge in [0, 0.05) is 31.5 Å². The Balaban J connectivity index is 2.02. The Labute approximate surface area is 124 Å². The lowest BCUT2D eigenvalue weighted by Gasteiger charge is -2.09. The number of aromatic nitrogens is 1. The number of carbonyl (C=O) groups is 1. The fourth-order valence-corrected chi connectivity index (χ4v) is 1.99. The molecule has 110 valence electrons. The smallest absolute Gasteiger partial charge is 0.269 e. The molecule has 5 nitrogen and oxygen atoms in total.